The number of amides is 1. The summed E-state index contributed by atoms with van der Waals surface area (Å²) in [6.45, 7) is 1.28. The lowest BCUT2D eigenvalue weighted by Gasteiger charge is -2.28. The molecule has 5 heteroatoms. The summed E-state index contributed by atoms with van der Waals surface area (Å²) in [6.07, 6.45) is 0.576. The van der Waals surface area contributed by atoms with Gasteiger partial charge in [0, 0.05) is 25.8 Å². The van der Waals surface area contributed by atoms with Gasteiger partial charge in [0.15, 0.2) is 0 Å². The Hall–Kier alpha value is -2.53. The summed E-state index contributed by atoms with van der Waals surface area (Å²) in [4.78, 5) is 12.2. The summed E-state index contributed by atoms with van der Waals surface area (Å²) in [6, 6.07) is 15.2. The highest BCUT2D eigenvalue weighted by molar-refractivity contribution is 6.01. The first-order valence-corrected chi connectivity index (χ1v) is 7.66. The van der Waals surface area contributed by atoms with Crippen LogP contribution in [0.1, 0.15) is 28.5 Å². The van der Waals surface area contributed by atoms with Crippen molar-refractivity contribution in [2.75, 3.05) is 25.6 Å². The van der Waals surface area contributed by atoms with E-state index in [0.717, 1.165) is 23.4 Å². The minimum atomic E-state index is -0.264. The van der Waals surface area contributed by atoms with Crippen LogP contribution in [0.4, 0.5) is 5.69 Å². The molecule has 1 aliphatic rings. The van der Waals surface area contributed by atoms with Crippen LogP contribution in [0.3, 0.4) is 0 Å². The van der Waals surface area contributed by atoms with Crippen LogP contribution in [0.25, 0.3) is 0 Å². The van der Waals surface area contributed by atoms with E-state index < -0.39 is 0 Å². The van der Waals surface area contributed by atoms with Gasteiger partial charge in [-0.3, -0.25) is 4.79 Å². The molecule has 23 heavy (non-hydrogen) atoms. The van der Waals surface area contributed by atoms with Crippen LogP contribution in [0, 0.1) is 0 Å². The second-order valence-electron chi connectivity index (χ2n) is 5.36. The number of anilines is 1. The molecule has 0 saturated heterocycles. The number of benzene rings is 2. The van der Waals surface area contributed by atoms with Gasteiger partial charge in [0.05, 0.1) is 12.2 Å². The van der Waals surface area contributed by atoms with E-state index in [0.29, 0.717) is 18.8 Å². The van der Waals surface area contributed by atoms with Crippen molar-refractivity contribution >= 4 is 11.6 Å². The Kier molecular flexibility index (Phi) is 4.78. The van der Waals surface area contributed by atoms with Gasteiger partial charge in [0.2, 0.25) is 0 Å². The van der Waals surface area contributed by atoms with E-state index >= 15 is 0 Å². The molecule has 3 rings (SSSR count). The number of carbonyl (C=O) groups is 1. The third-order valence-electron chi connectivity index (χ3n) is 3.70. The molecular formula is C18H20N2O3. The average Bonchev–Trinajstić information content (AvgIpc) is 2.59. The molecule has 120 valence electrons. The maximum atomic E-state index is 12.2. The average molecular weight is 312 g/mol. The number of ether oxygens (including phenoxy) is 2. The lowest BCUT2D eigenvalue weighted by Crippen LogP contribution is -2.38. The van der Waals surface area contributed by atoms with Crippen molar-refractivity contribution in [3.05, 3.63) is 59.7 Å². The maximum Gasteiger partial charge on any atom is 0.255 e. The molecule has 0 aromatic heterocycles. The Morgan fingerprint density at radius 3 is 2.78 bits per heavy atom. The smallest absolute Gasteiger partial charge is 0.255 e. The van der Waals surface area contributed by atoms with Crippen molar-refractivity contribution < 1.29 is 14.3 Å². The summed E-state index contributed by atoms with van der Waals surface area (Å²) in [5, 5.41) is 6.31. The van der Waals surface area contributed by atoms with E-state index in [2.05, 4.69) is 10.6 Å². The zero-order chi connectivity index (χ0) is 16.1. The molecule has 0 radical (unpaired) electrons. The third kappa shape index (κ3) is 3.63. The first-order chi connectivity index (χ1) is 11.3. The molecule has 0 fully saturated rings. The van der Waals surface area contributed by atoms with Crippen molar-refractivity contribution in [1.82, 2.24) is 5.32 Å². The van der Waals surface area contributed by atoms with Gasteiger partial charge in [-0.15, -0.1) is 0 Å². The molecule has 2 aromatic carbocycles. The van der Waals surface area contributed by atoms with Gasteiger partial charge in [-0.05, 0) is 29.8 Å². The summed E-state index contributed by atoms with van der Waals surface area (Å²) in [5.41, 5.74) is 2.46. The van der Waals surface area contributed by atoms with Crippen molar-refractivity contribution in [1.29, 1.82) is 0 Å². The second-order valence-corrected chi connectivity index (χ2v) is 5.36. The zero-order valence-electron chi connectivity index (χ0n) is 13.0. The lowest BCUT2D eigenvalue weighted by molar-refractivity contribution is 0.0935. The molecule has 1 aliphatic heterocycles. The van der Waals surface area contributed by atoms with Crippen LogP contribution in [0.2, 0.25) is 0 Å². The highest BCUT2D eigenvalue weighted by Crippen LogP contribution is 2.27. The number of carbonyl (C=O) groups excluding carboxylic acids is 1. The number of rotatable bonds is 6. The van der Waals surface area contributed by atoms with Gasteiger partial charge >= 0.3 is 0 Å². The number of fused-ring (bicyclic) bond motifs is 1. The standard InChI is InChI=1S/C18H20N2O3/c1-22-10-5-11-23-14-7-4-6-13(12-14)17-19-16-9-3-2-8-15(16)18(21)20-17/h2-4,6-9,12,17,19H,5,10-11H2,1H3,(H,20,21). The van der Waals surface area contributed by atoms with Crippen molar-refractivity contribution in [2.45, 2.75) is 12.6 Å². The van der Waals surface area contributed by atoms with E-state index in [1.54, 1.807) is 7.11 Å². The first-order valence-electron chi connectivity index (χ1n) is 7.66. The predicted molar refractivity (Wildman–Crippen MR) is 88.7 cm³/mol. The molecule has 5 nitrogen and oxygen atoms in total. The molecule has 0 bridgehead atoms. The molecule has 1 unspecified atom stereocenters. The number of nitrogens with one attached hydrogen (secondary N) is 2. The van der Waals surface area contributed by atoms with Gasteiger partial charge in [0.1, 0.15) is 11.9 Å². The van der Waals surface area contributed by atoms with Crippen LogP contribution in [-0.4, -0.2) is 26.2 Å². The van der Waals surface area contributed by atoms with Crippen molar-refractivity contribution in [3.63, 3.8) is 0 Å². The minimum absolute atomic E-state index is 0.0734. The van der Waals surface area contributed by atoms with Gasteiger partial charge in [-0.2, -0.15) is 0 Å². The van der Waals surface area contributed by atoms with Gasteiger partial charge in [-0.1, -0.05) is 24.3 Å². The van der Waals surface area contributed by atoms with Gasteiger partial charge in [0.25, 0.3) is 5.91 Å². The lowest BCUT2D eigenvalue weighted by atomic mass is 10.1. The third-order valence-corrected chi connectivity index (χ3v) is 3.70. The normalized spacial score (nSPS) is 16.2. The van der Waals surface area contributed by atoms with Gasteiger partial charge in [-0.25, -0.2) is 0 Å². The van der Waals surface area contributed by atoms with Crippen LogP contribution in [-0.2, 0) is 4.74 Å². The second kappa shape index (κ2) is 7.15. The van der Waals surface area contributed by atoms with Crippen LogP contribution in [0.5, 0.6) is 5.75 Å². The number of hydrogen-bond acceptors (Lipinski definition) is 4. The van der Waals surface area contributed by atoms with E-state index in [1.807, 2.05) is 48.5 Å². The van der Waals surface area contributed by atoms with E-state index in [9.17, 15) is 4.79 Å². The molecule has 2 N–H and O–H groups in total. The molecule has 2 aromatic rings. The minimum Gasteiger partial charge on any atom is -0.493 e. The van der Waals surface area contributed by atoms with E-state index in [4.69, 9.17) is 9.47 Å². The van der Waals surface area contributed by atoms with Crippen LogP contribution in [0.15, 0.2) is 48.5 Å². The highest BCUT2D eigenvalue weighted by Gasteiger charge is 2.24. The zero-order valence-corrected chi connectivity index (χ0v) is 13.0. The fraction of sp³-hybridized carbons (Fsp3) is 0.278. The first kappa shape index (κ1) is 15.4. The fourth-order valence-corrected chi connectivity index (χ4v) is 2.55. The fourth-order valence-electron chi connectivity index (χ4n) is 2.55. The number of methoxy groups -OCH3 is 1. The topological polar surface area (TPSA) is 59.6 Å². The van der Waals surface area contributed by atoms with Crippen LogP contribution < -0.4 is 15.4 Å². The summed E-state index contributed by atoms with van der Waals surface area (Å²) in [7, 11) is 1.68. The monoisotopic (exact) mass is 312 g/mol. The largest absolute Gasteiger partial charge is 0.493 e. The predicted octanol–water partition coefficient (Wildman–Crippen LogP) is 2.96. The SMILES string of the molecule is COCCCOc1cccc(C2NC(=O)c3ccccc3N2)c1. The molecule has 1 amide bonds. The van der Waals surface area contributed by atoms with Gasteiger partial charge < -0.3 is 20.1 Å². The molecular weight excluding hydrogens is 292 g/mol. The highest BCUT2D eigenvalue weighted by atomic mass is 16.5. The quantitative estimate of drug-likeness (QED) is 0.805. The Morgan fingerprint density at radius 2 is 1.91 bits per heavy atom. The Bertz CT molecular complexity index is 687. The Balaban J connectivity index is 1.71. The molecule has 1 atom stereocenters. The molecule has 0 aliphatic carbocycles. The van der Waals surface area contributed by atoms with Crippen molar-refractivity contribution in [3.8, 4) is 5.75 Å². The number of para-hydroxylation sites is 1. The summed E-state index contributed by atoms with van der Waals surface area (Å²) >= 11 is 0. The van der Waals surface area contributed by atoms with E-state index in [-0.39, 0.29) is 12.1 Å². The summed E-state index contributed by atoms with van der Waals surface area (Å²) in [5.74, 6) is 0.712. The molecule has 0 saturated carbocycles. The number of hydrogen-bond donors (Lipinski definition) is 2. The summed E-state index contributed by atoms with van der Waals surface area (Å²) < 4.78 is 10.7. The van der Waals surface area contributed by atoms with Crippen LogP contribution >= 0.6 is 0 Å². The molecule has 0 spiro atoms. The van der Waals surface area contributed by atoms with E-state index in [1.165, 1.54) is 0 Å². The maximum absolute atomic E-state index is 12.2. The Labute approximate surface area is 135 Å². The van der Waals surface area contributed by atoms with Crippen molar-refractivity contribution in [2.24, 2.45) is 0 Å². The Morgan fingerprint density at radius 1 is 1.04 bits per heavy atom. The molecule has 1 heterocycles.